The molecule has 106 valence electrons. The Hall–Kier alpha value is -2.83. The van der Waals surface area contributed by atoms with Crippen molar-refractivity contribution in [1.29, 1.82) is 0 Å². The molecule has 3 rings (SSSR count). The van der Waals surface area contributed by atoms with Gasteiger partial charge in [-0.3, -0.25) is 0 Å². The Balaban J connectivity index is 2.05. The SMILES string of the molecule is Nc1ccc(-n2nnc(-c3ccccc3)n2)c(C(F)F)c1. The molecule has 2 N–H and O–H groups in total. The zero-order valence-electron chi connectivity index (χ0n) is 10.8. The summed E-state index contributed by atoms with van der Waals surface area (Å²) in [6.07, 6.45) is -2.67. The molecule has 5 nitrogen and oxygen atoms in total. The molecule has 0 spiro atoms. The number of nitrogens with two attached hydrogens (primary N) is 1. The van der Waals surface area contributed by atoms with Gasteiger partial charge in [0, 0.05) is 16.8 Å². The molecule has 0 atom stereocenters. The molecule has 1 aromatic heterocycles. The van der Waals surface area contributed by atoms with Gasteiger partial charge in [-0.1, -0.05) is 30.3 Å². The van der Waals surface area contributed by atoms with E-state index in [0.29, 0.717) is 5.82 Å². The molecule has 0 aliphatic heterocycles. The highest BCUT2D eigenvalue weighted by atomic mass is 19.3. The topological polar surface area (TPSA) is 69.6 Å². The van der Waals surface area contributed by atoms with Crippen LogP contribution >= 0.6 is 0 Å². The number of hydrogen-bond donors (Lipinski definition) is 1. The number of halogens is 2. The van der Waals surface area contributed by atoms with Crippen LogP contribution in [0.5, 0.6) is 0 Å². The minimum Gasteiger partial charge on any atom is -0.399 e. The first kappa shape index (κ1) is 13.2. The van der Waals surface area contributed by atoms with Gasteiger partial charge in [-0.2, -0.15) is 0 Å². The van der Waals surface area contributed by atoms with Crippen molar-refractivity contribution in [2.24, 2.45) is 0 Å². The number of anilines is 1. The second kappa shape index (κ2) is 5.28. The molecule has 0 amide bonds. The zero-order chi connectivity index (χ0) is 14.8. The molecule has 0 unspecified atom stereocenters. The van der Waals surface area contributed by atoms with E-state index in [0.717, 1.165) is 10.4 Å². The van der Waals surface area contributed by atoms with Gasteiger partial charge in [0.05, 0.1) is 5.69 Å². The average molecular weight is 287 g/mol. The summed E-state index contributed by atoms with van der Waals surface area (Å²) in [5, 5.41) is 11.9. The van der Waals surface area contributed by atoms with E-state index in [2.05, 4.69) is 15.4 Å². The van der Waals surface area contributed by atoms with E-state index in [1.807, 2.05) is 30.3 Å². The molecular formula is C14H11F2N5. The molecule has 0 saturated carbocycles. The average Bonchev–Trinajstić information content (AvgIpc) is 2.97. The number of benzene rings is 2. The largest absolute Gasteiger partial charge is 0.399 e. The normalized spacial score (nSPS) is 11.0. The van der Waals surface area contributed by atoms with Gasteiger partial charge in [-0.15, -0.1) is 15.0 Å². The zero-order valence-corrected chi connectivity index (χ0v) is 10.8. The van der Waals surface area contributed by atoms with Crippen molar-refractivity contribution < 1.29 is 8.78 Å². The Morgan fingerprint density at radius 1 is 1.05 bits per heavy atom. The third-order valence-corrected chi connectivity index (χ3v) is 2.95. The lowest BCUT2D eigenvalue weighted by Crippen LogP contribution is -2.05. The van der Waals surface area contributed by atoms with Crippen LogP contribution in [0.3, 0.4) is 0 Å². The van der Waals surface area contributed by atoms with Crippen LogP contribution in [0.4, 0.5) is 14.5 Å². The van der Waals surface area contributed by atoms with Gasteiger partial charge in [0.1, 0.15) is 0 Å². The van der Waals surface area contributed by atoms with Crippen LogP contribution in [0, 0.1) is 0 Å². The maximum atomic E-state index is 13.1. The number of nitrogen functional groups attached to an aromatic ring is 1. The molecule has 0 aliphatic carbocycles. The van der Waals surface area contributed by atoms with E-state index in [9.17, 15) is 8.78 Å². The molecule has 1 heterocycles. The second-order valence-corrected chi connectivity index (χ2v) is 4.39. The standard InChI is InChI=1S/C14H11F2N5/c15-13(16)11-8-10(17)6-7-12(11)21-19-14(18-20-21)9-4-2-1-3-5-9/h1-8,13H,17H2. The molecule has 7 heteroatoms. The van der Waals surface area contributed by atoms with Crippen LogP contribution in [0.2, 0.25) is 0 Å². The van der Waals surface area contributed by atoms with Gasteiger partial charge in [-0.05, 0) is 23.4 Å². The molecule has 0 fully saturated rings. The smallest absolute Gasteiger partial charge is 0.266 e. The third-order valence-electron chi connectivity index (χ3n) is 2.95. The maximum Gasteiger partial charge on any atom is 0.266 e. The van der Waals surface area contributed by atoms with Crippen molar-refractivity contribution in [1.82, 2.24) is 20.2 Å². The Morgan fingerprint density at radius 2 is 1.81 bits per heavy atom. The highest BCUT2D eigenvalue weighted by molar-refractivity contribution is 5.55. The lowest BCUT2D eigenvalue weighted by atomic mass is 10.1. The first-order valence-electron chi connectivity index (χ1n) is 6.18. The van der Waals surface area contributed by atoms with Crippen LogP contribution in [0.15, 0.2) is 48.5 Å². The number of aromatic nitrogens is 4. The predicted octanol–water partition coefficient (Wildman–Crippen LogP) is 2.85. The lowest BCUT2D eigenvalue weighted by Gasteiger charge is -2.07. The van der Waals surface area contributed by atoms with Crippen LogP contribution in [-0.2, 0) is 0 Å². The quantitative estimate of drug-likeness (QED) is 0.752. The summed E-state index contributed by atoms with van der Waals surface area (Å²) in [5.41, 5.74) is 6.50. The molecular weight excluding hydrogens is 276 g/mol. The number of tetrazole rings is 1. The van der Waals surface area contributed by atoms with Gasteiger partial charge in [0.25, 0.3) is 6.43 Å². The van der Waals surface area contributed by atoms with Gasteiger partial charge in [-0.25, -0.2) is 8.78 Å². The minimum absolute atomic E-state index is 0.161. The number of alkyl halides is 2. The van der Waals surface area contributed by atoms with E-state index < -0.39 is 6.43 Å². The molecule has 2 aromatic carbocycles. The van der Waals surface area contributed by atoms with Crippen LogP contribution in [0.1, 0.15) is 12.0 Å². The van der Waals surface area contributed by atoms with Gasteiger partial charge < -0.3 is 5.73 Å². The van der Waals surface area contributed by atoms with Crippen molar-refractivity contribution >= 4 is 5.69 Å². The van der Waals surface area contributed by atoms with Gasteiger partial charge >= 0.3 is 0 Å². The summed E-state index contributed by atoms with van der Waals surface area (Å²) in [4.78, 5) is 1.09. The molecule has 0 radical (unpaired) electrons. The van der Waals surface area contributed by atoms with Crippen molar-refractivity contribution in [2.45, 2.75) is 6.43 Å². The maximum absolute atomic E-state index is 13.1. The molecule has 0 bridgehead atoms. The van der Waals surface area contributed by atoms with E-state index >= 15 is 0 Å². The Morgan fingerprint density at radius 3 is 2.52 bits per heavy atom. The number of hydrogen-bond acceptors (Lipinski definition) is 4. The van der Waals surface area contributed by atoms with E-state index in [1.54, 1.807) is 0 Å². The first-order chi connectivity index (χ1) is 10.1. The predicted molar refractivity (Wildman–Crippen MR) is 74.0 cm³/mol. The summed E-state index contributed by atoms with van der Waals surface area (Å²) in [6, 6.07) is 13.4. The third kappa shape index (κ3) is 2.58. The van der Waals surface area contributed by atoms with E-state index in [4.69, 9.17) is 5.73 Å². The Bertz CT molecular complexity index is 755. The van der Waals surface area contributed by atoms with E-state index in [1.165, 1.54) is 18.2 Å². The lowest BCUT2D eigenvalue weighted by molar-refractivity contribution is 0.151. The summed E-state index contributed by atoms with van der Waals surface area (Å²) in [7, 11) is 0. The van der Waals surface area contributed by atoms with Crippen LogP contribution < -0.4 is 5.73 Å². The summed E-state index contributed by atoms with van der Waals surface area (Å²) in [5.74, 6) is 0.368. The first-order valence-corrected chi connectivity index (χ1v) is 6.18. The fourth-order valence-corrected chi connectivity index (χ4v) is 1.95. The van der Waals surface area contributed by atoms with Crippen molar-refractivity contribution in [3.05, 3.63) is 54.1 Å². The fourth-order valence-electron chi connectivity index (χ4n) is 1.95. The summed E-state index contributed by atoms with van der Waals surface area (Å²) >= 11 is 0. The highest BCUT2D eigenvalue weighted by Gasteiger charge is 2.17. The number of nitrogens with zero attached hydrogens (tertiary/aromatic N) is 4. The summed E-state index contributed by atoms with van der Waals surface area (Å²) in [6.45, 7) is 0. The molecule has 21 heavy (non-hydrogen) atoms. The van der Waals surface area contributed by atoms with Gasteiger partial charge in [0.15, 0.2) is 0 Å². The van der Waals surface area contributed by atoms with E-state index in [-0.39, 0.29) is 16.9 Å². The second-order valence-electron chi connectivity index (χ2n) is 4.39. The monoisotopic (exact) mass is 287 g/mol. The fraction of sp³-hybridized carbons (Fsp3) is 0.0714. The minimum atomic E-state index is -2.67. The van der Waals surface area contributed by atoms with Crippen molar-refractivity contribution in [3.63, 3.8) is 0 Å². The van der Waals surface area contributed by atoms with Crippen molar-refractivity contribution in [3.8, 4) is 17.1 Å². The molecule has 0 aliphatic rings. The van der Waals surface area contributed by atoms with Crippen LogP contribution in [0.25, 0.3) is 17.1 Å². The number of rotatable bonds is 3. The molecule has 3 aromatic rings. The molecule has 0 saturated heterocycles. The Kier molecular flexibility index (Phi) is 3.31. The summed E-state index contributed by atoms with van der Waals surface area (Å²) < 4.78 is 26.2. The van der Waals surface area contributed by atoms with Crippen molar-refractivity contribution in [2.75, 3.05) is 5.73 Å². The van der Waals surface area contributed by atoms with Gasteiger partial charge in [0.2, 0.25) is 5.82 Å². The van der Waals surface area contributed by atoms with Crippen LogP contribution in [-0.4, -0.2) is 20.2 Å². The Labute approximate surface area is 119 Å². The highest BCUT2D eigenvalue weighted by Crippen LogP contribution is 2.27.